The summed E-state index contributed by atoms with van der Waals surface area (Å²) in [6.45, 7) is 2.15. The predicted molar refractivity (Wildman–Crippen MR) is 61.9 cm³/mol. The summed E-state index contributed by atoms with van der Waals surface area (Å²) < 4.78 is 11.1. The fourth-order valence-corrected chi connectivity index (χ4v) is 2.27. The number of hydrogen-bond donors (Lipinski definition) is 3. The molecule has 0 aromatic heterocycles. The lowest BCUT2D eigenvalue weighted by molar-refractivity contribution is -0.138. The Bertz CT molecular complexity index is 338. The van der Waals surface area contributed by atoms with E-state index in [0.717, 1.165) is 5.01 Å². The van der Waals surface area contributed by atoms with Crippen LogP contribution in [-0.2, 0) is 14.2 Å². The molecule has 96 valence electrons. The number of hydrogen-bond acceptors (Lipinski definition) is 5. The smallest absolute Gasteiger partial charge is 0.270 e. The van der Waals surface area contributed by atoms with Gasteiger partial charge in [0.05, 0.1) is 6.04 Å². The molecule has 1 saturated heterocycles. The second-order valence-electron chi connectivity index (χ2n) is 4.07. The maximum Gasteiger partial charge on any atom is 0.270 e. The summed E-state index contributed by atoms with van der Waals surface area (Å²) in [7, 11) is -0.540. The first-order valence-electron chi connectivity index (χ1n) is 5.45. The molecule has 0 aliphatic carbocycles. The Hall–Kier alpha value is -1.04. The molecular weight excluding hydrogens is 243 g/mol. The van der Waals surface area contributed by atoms with Crippen molar-refractivity contribution in [3.8, 4) is 0 Å². The number of amides is 2. The second-order valence-corrected chi connectivity index (χ2v) is 5.00. The normalized spacial score (nSPS) is 29.5. The Morgan fingerprint density at radius 2 is 2.35 bits per heavy atom. The zero-order chi connectivity index (χ0) is 13.1. The quantitative estimate of drug-likeness (QED) is 0.351. The molecule has 1 aliphatic heterocycles. The fourth-order valence-electron chi connectivity index (χ4n) is 1.75. The molecule has 1 fully saturated rings. The van der Waals surface area contributed by atoms with Gasteiger partial charge in [0.15, 0.2) is 13.7 Å². The van der Waals surface area contributed by atoms with E-state index in [1.807, 2.05) is 6.92 Å². The van der Waals surface area contributed by atoms with Crippen molar-refractivity contribution in [1.29, 1.82) is 0 Å². The summed E-state index contributed by atoms with van der Waals surface area (Å²) >= 11 is 0. The van der Waals surface area contributed by atoms with Crippen LogP contribution < -0.4 is 16.9 Å². The van der Waals surface area contributed by atoms with Crippen molar-refractivity contribution < 1.29 is 14.2 Å². The molecule has 0 spiro atoms. The Kier molecular flexibility index (Phi) is 4.56. The van der Waals surface area contributed by atoms with E-state index < -0.39 is 25.7 Å². The maximum absolute atomic E-state index is 11.7. The van der Waals surface area contributed by atoms with E-state index in [9.17, 15) is 14.2 Å². The Morgan fingerprint density at radius 3 is 2.88 bits per heavy atom. The maximum atomic E-state index is 11.7. The van der Waals surface area contributed by atoms with Crippen LogP contribution in [0.4, 0.5) is 0 Å². The van der Waals surface area contributed by atoms with Gasteiger partial charge in [0, 0.05) is 13.0 Å². The molecule has 2 atom stereocenters. The molecule has 0 saturated carbocycles. The number of carbonyl (C=O) groups excluding carboxylic acids is 2. The molecule has 1 unspecified atom stereocenters. The third kappa shape index (κ3) is 2.80. The number of carbonyl (C=O) groups is 2. The first-order valence-corrected chi connectivity index (χ1v) is 6.26. The highest BCUT2D eigenvalue weighted by molar-refractivity contribution is 7.27. The van der Waals surface area contributed by atoms with Crippen molar-refractivity contribution in [2.75, 3.05) is 6.54 Å². The first kappa shape index (κ1) is 14.0. The van der Waals surface area contributed by atoms with Gasteiger partial charge in [-0.25, -0.2) is 5.84 Å². The summed E-state index contributed by atoms with van der Waals surface area (Å²) in [5.74, 6) is 4.61. The van der Waals surface area contributed by atoms with Crippen LogP contribution in [0.25, 0.3) is 0 Å². The summed E-state index contributed by atoms with van der Waals surface area (Å²) in [6.07, 6.45) is 1.44. The molecule has 17 heavy (non-hydrogen) atoms. The van der Waals surface area contributed by atoms with Crippen LogP contribution in [0.3, 0.4) is 0 Å². The van der Waals surface area contributed by atoms with Gasteiger partial charge in [-0.3, -0.25) is 19.2 Å². The summed E-state index contributed by atoms with van der Waals surface area (Å²) in [5, 5.41) is 1.92. The molecule has 1 rings (SSSR count). The number of nitrogens with one attached hydrogen (secondary N) is 1. The first-order chi connectivity index (χ1) is 7.95. The van der Waals surface area contributed by atoms with Gasteiger partial charge in [0.1, 0.15) is 0 Å². The number of hydrazine groups is 1. The van der Waals surface area contributed by atoms with Crippen LogP contribution in [0.1, 0.15) is 26.2 Å². The molecule has 0 aromatic carbocycles. The van der Waals surface area contributed by atoms with Crippen molar-refractivity contribution in [1.82, 2.24) is 10.3 Å². The SMILES string of the molecule is CCCC(=O)NC1CCN(N)C(=O)[C@@]1(N)P=O. The van der Waals surface area contributed by atoms with Crippen LogP contribution in [0.15, 0.2) is 0 Å². The highest BCUT2D eigenvalue weighted by Crippen LogP contribution is 2.28. The molecule has 0 aromatic rings. The Labute approximate surface area is 101 Å². The molecule has 5 N–H and O–H groups in total. The monoisotopic (exact) mass is 260 g/mol. The third-order valence-corrected chi connectivity index (χ3v) is 3.56. The van der Waals surface area contributed by atoms with E-state index >= 15 is 0 Å². The van der Waals surface area contributed by atoms with Crippen LogP contribution in [0.2, 0.25) is 0 Å². The van der Waals surface area contributed by atoms with Crippen molar-refractivity contribution in [2.24, 2.45) is 11.6 Å². The van der Waals surface area contributed by atoms with Crippen molar-refractivity contribution in [2.45, 2.75) is 37.5 Å². The number of rotatable bonds is 4. The highest BCUT2D eigenvalue weighted by atomic mass is 31.1. The highest BCUT2D eigenvalue weighted by Gasteiger charge is 2.49. The molecule has 0 radical (unpaired) electrons. The van der Waals surface area contributed by atoms with Gasteiger partial charge < -0.3 is 11.1 Å². The summed E-state index contributed by atoms with van der Waals surface area (Å²) in [5.41, 5.74) is 5.77. The zero-order valence-electron chi connectivity index (χ0n) is 9.68. The predicted octanol–water partition coefficient (Wildman–Crippen LogP) is -0.676. The molecule has 0 bridgehead atoms. The molecule has 1 heterocycles. The topological polar surface area (TPSA) is 119 Å². The molecule has 2 amide bonds. The number of nitrogens with zero attached hydrogens (tertiary/aromatic N) is 1. The van der Waals surface area contributed by atoms with E-state index in [-0.39, 0.29) is 12.5 Å². The third-order valence-electron chi connectivity index (χ3n) is 2.76. The van der Waals surface area contributed by atoms with Gasteiger partial charge in [-0.05, 0) is 12.8 Å². The zero-order valence-corrected chi connectivity index (χ0v) is 10.6. The molecule has 1 aliphatic rings. The van der Waals surface area contributed by atoms with E-state index in [1.165, 1.54) is 0 Å². The lowest BCUT2D eigenvalue weighted by Gasteiger charge is -2.39. The average Bonchev–Trinajstić information content (AvgIpc) is 2.30. The largest absolute Gasteiger partial charge is 0.350 e. The van der Waals surface area contributed by atoms with E-state index in [2.05, 4.69) is 5.32 Å². The fraction of sp³-hybridized carbons (Fsp3) is 0.778. The lowest BCUT2D eigenvalue weighted by atomic mass is 9.99. The number of nitrogens with two attached hydrogens (primary N) is 2. The lowest BCUT2D eigenvalue weighted by Crippen LogP contribution is -2.68. The average molecular weight is 260 g/mol. The minimum atomic E-state index is -1.66. The van der Waals surface area contributed by atoms with Gasteiger partial charge in [0.25, 0.3) is 5.91 Å². The standard InChI is InChI=1S/C9H17N4O3P/c1-2-3-7(14)12-6-4-5-13(11)8(15)9(6,10)17-16/h6H,2-5,10-11H2,1H3,(H,12,14)/t6?,9-/m0/s1. The van der Waals surface area contributed by atoms with Crippen molar-refractivity contribution in [3.05, 3.63) is 0 Å². The Morgan fingerprint density at radius 1 is 1.71 bits per heavy atom. The molecule has 7 nitrogen and oxygen atoms in total. The minimum Gasteiger partial charge on any atom is -0.350 e. The molecule has 8 heteroatoms. The summed E-state index contributed by atoms with van der Waals surface area (Å²) in [6, 6.07) is -0.645. The number of piperidine rings is 1. The van der Waals surface area contributed by atoms with E-state index in [4.69, 9.17) is 11.6 Å². The van der Waals surface area contributed by atoms with E-state index in [1.54, 1.807) is 0 Å². The van der Waals surface area contributed by atoms with Crippen molar-refractivity contribution in [3.63, 3.8) is 0 Å². The minimum absolute atomic E-state index is 0.200. The second kappa shape index (κ2) is 5.53. The van der Waals surface area contributed by atoms with Crippen LogP contribution in [0, 0.1) is 0 Å². The van der Waals surface area contributed by atoms with Gasteiger partial charge in [0.2, 0.25) is 5.91 Å². The molecular formula is C9H17N4O3P. The summed E-state index contributed by atoms with van der Waals surface area (Å²) in [4.78, 5) is 23.2. The van der Waals surface area contributed by atoms with E-state index in [0.29, 0.717) is 19.3 Å². The van der Waals surface area contributed by atoms with Crippen molar-refractivity contribution >= 4 is 20.3 Å². The van der Waals surface area contributed by atoms with Gasteiger partial charge in [-0.2, -0.15) is 0 Å². The van der Waals surface area contributed by atoms with Crippen LogP contribution >= 0.6 is 8.46 Å². The Balaban J connectivity index is 2.80. The van der Waals surface area contributed by atoms with Crippen LogP contribution in [-0.4, -0.2) is 34.7 Å². The van der Waals surface area contributed by atoms with Crippen LogP contribution in [0.5, 0.6) is 0 Å². The van der Waals surface area contributed by atoms with Gasteiger partial charge >= 0.3 is 0 Å². The van der Waals surface area contributed by atoms with Gasteiger partial charge in [-0.15, -0.1) is 0 Å². The van der Waals surface area contributed by atoms with Gasteiger partial charge in [-0.1, -0.05) is 6.92 Å².